The smallest absolute Gasteiger partial charge is 0.338 e. The molecule has 0 spiro atoms. The van der Waals surface area contributed by atoms with Crippen LogP contribution in [0.4, 0.5) is 5.69 Å². The topological polar surface area (TPSA) is 94.6 Å². The number of methoxy groups -OCH3 is 1. The molecule has 88 valence electrons. The fourth-order valence-electron chi connectivity index (χ4n) is 1.60. The molecule has 0 radical (unpaired) electrons. The number of carbonyl (C=O) groups excluding carboxylic acids is 1. The molecular formula is C10H8N2O5. The summed E-state index contributed by atoms with van der Waals surface area (Å²) >= 11 is 0. The lowest BCUT2D eigenvalue weighted by Gasteiger charge is -2.02. The van der Waals surface area contributed by atoms with Gasteiger partial charge in [-0.15, -0.1) is 0 Å². The Morgan fingerprint density at radius 3 is 2.82 bits per heavy atom. The molecule has 1 N–H and O–H groups in total. The lowest BCUT2D eigenvalue weighted by atomic mass is 10.1. The Morgan fingerprint density at radius 2 is 2.24 bits per heavy atom. The molecule has 0 aliphatic heterocycles. The molecule has 0 saturated heterocycles. The van der Waals surface area contributed by atoms with Crippen LogP contribution in [-0.2, 0) is 4.74 Å². The van der Waals surface area contributed by atoms with Crippen LogP contribution < -0.4 is 0 Å². The maximum atomic E-state index is 11.5. The third-order valence-corrected chi connectivity index (χ3v) is 2.39. The number of hydrogen-bond acceptors (Lipinski definition) is 5. The number of fused-ring (bicyclic) bond motifs is 1. The number of ether oxygens (including phenoxy) is 1. The van der Waals surface area contributed by atoms with Gasteiger partial charge in [-0.2, -0.15) is 4.73 Å². The molecule has 1 aromatic heterocycles. The van der Waals surface area contributed by atoms with Crippen LogP contribution in [0.2, 0.25) is 0 Å². The zero-order chi connectivity index (χ0) is 12.6. The highest BCUT2D eigenvalue weighted by Crippen LogP contribution is 2.26. The molecular weight excluding hydrogens is 228 g/mol. The number of benzene rings is 1. The van der Waals surface area contributed by atoms with E-state index in [9.17, 15) is 20.1 Å². The van der Waals surface area contributed by atoms with E-state index in [2.05, 4.69) is 4.74 Å². The maximum Gasteiger partial charge on any atom is 0.338 e. The zero-order valence-electron chi connectivity index (χ0n) is 8.78. The summed E-state index contributed by atoms with van der Waals surface area (Å²) in [6, 6.07) is 3.78. The summed E-state index contributed by atoms with van der Waals surface area (Å²) in [4.78, 5) is 21.5. The molecule has 0 atom stereocenters. The Labute approximate surface area is 94.9 Å². The average Bonchev–Trinajstić information content (AvgIpc) is 2.69. The molecule has 0 aliphatic carbocycles. The van der Waals surface area contributed by atoms with Gasteiger partial charge in [0.1, 0.15) is 0 Å². The van der Waals surface area contributed by atoms with E-state index in [1.165, 1.54) is 25.4 Å². The van der Waals surface area contributed by atoms with Crippen molar-refractivity contribution in [2.45, 2.75) is 0 Å². The van der Waals surface area contributed by atoms with Crippen LogP contribution >= 0.6 is 0 Å². The van der Waals surface area contributed by atoms with Gasteiger partial charge in [0.15, 0.2) is 0 Å². The molecule has 17 heavy (non-hydrogen) atoms. The molecule has 7 heteroatoms. The van der Waals surface area contributed by atoms with E-state index in [0.29, 0.717) is 5.39 Å². The highest BCUT2D eigenvalue weighted by atomic mass is 16.6. The van der Waals surface area contributed by atoms with Gasteiger partial charge in [-0.3, -0.25) is 10.1 Å². The minimum Gasteiger partial charge on any atom is -0.465 e. The Morgan fingerprint density at radius 1 is 1.53 bits per heavy atom. The third-order valence-electron chi connectivity index (χ3n) is 2.39. The number of carbonyl (C=O) groups is 1. The summed E-state index contributed by atoms with van der Waals surface area (Å²) in [6.07, 6.45) is 1.29. The van der Waals surface area contributed by atoms with Crippen molar-refractivity contribution in [3.63, 3.8) is 0 Å². The predicted molar refractivity (Wildman–Crippen MR) is 57.1 cm³/mol. The summed E-state index contributed by atoms with van der Waals surface area (Å²) in [5, 5.41) is 20.5. The van der Waals surface area contributed by atoms with Crippen LogP contribution in [0, 0.1) is 10.1 Å². The number of hydrogen-bond donors (Lipinski definition) is 1. The molecule has 7 nitrogen and oxygen atoms in total. The van der Waals surface area contributed by atoms with Crippen molar-refractivity contribution < 1.29 is 19.7 Å². The second-order valence-corrected chi connectivity index (χ2v) is 3.34. The Bertz CT molecular complexity index is 616. The van der Waals surface area contributed by atoms with Gasteiger partial charge >= 0.3 is 5.97 Å². The first-order valence-electron chi connectivity index (χ1n) is 4.61. The molecule has 0 saturated carbocycles. The fourth-order valence-corrected chi connectivity index (χ4v) is 1.60. The first-order chi connectivity index (χ1) is 8.04. The molecule has 0 unspecified atom stereocenters. The normalized spacial score (nSPS) is 10.4. The first kappa shape index (κ1) is 10.9. The number of aromatic nitrogens is 1. The molecule has 0 bridgehead atoms. The third kappa shape index (κ3) is 1.67. The summed E-state index contributed by atoms with van der Waals surface area (Å²) in [5.41, 5.74) is -0.0593. The maximum absolute atomic E-state index is 11.5. The van der Waals surface area contributed by atoms with Gasteiger partial charge in [-0.25, -0.2) is 4.79 Å². The van der Waals surface area contributed by atoms with E-state index >= 15 is 0 Å². The molecule has 0 fully saturated rings. The van der Waals surface area contributed by atoms with Gasteiger partial charge in [0.2, 0.25) is 0 Å². The second-order valence-electron chi connectivity index (χ2n) is 3.34. The molecule has 2 rings (SSSR count). The van der Waals surface area contributed by atoms with Crippen LogP contribution in [0.15, 0.2) is 24.4 Å². The largest absolute Gasteiger partial charge is 0.465 e. The second kappa shape index (κ2) is 3.78. The number of esters is 1. The SMILES string of the molecule is COC(=O)c1cc([N+](=O)[O-])cc2c1ccn2O. The fraction of sp³-hybridized carbons (Fsp3) is 0.100. The van der Waals surface area contributed by atoms with Crippen molar-refractivity contribution in [3.05, 3.63) is 40.1 Å². The van der Waals surface area contributed by atoms with Crippen molar-refractivity contribution >= 4 is 22.6 Å². The van der Waals surface area contributed by atoms with Crippen molar-refractivity contribution in [2.75, 3.05) is 7.11 Å². The van der Waals surface area contributed by atoms with Gasteiger partial charge in [0, 0.05) is 23.7 Å². The van der Waals surface area contributed by atoms with Crippen LogP contribution in [0.5, 0.6) is 0 Å². The number of nitro benzene ring substituents is 1. The molecule has 2 aromatic rings. The van der Waals surface area contributed by atoms with Crippen LogP contribution in [0.1, 0.15) is 10.4 Å². The summed E-state index contributed by atoms with van der Waals surface area (Å²) in [5.74, 6) is -0.690. The lowest BCUT2D eigenvalue weighted by Crippen LogP contribution is -2.03. The van der Waals surface area contributed by atoms with Gasteiger partial charge in [-0.1, -0.05) is 0 Å². The lowest BCUT2D eigenvalue weighted by molar-refractivity contribution is -0.384. The number of nitrogens with zero attached hydrogens (tertiary/aromatic N) is 2. The number of rotatable bonds is 2. The van der Waals surface area contributed by atoms with Crippen LogP contribution in [0.25, 0.3) is 10.9 Å². The van der Waals surface area contributed by atoms with Gasteiger partial charge in [-0.05, 0) is 6.07 Å². The number of nitro groups is 1. The van der Waals surface area contributed by atoms with Gasteiger partial charge < -0.3 is 9.94 Å². The highest BCUT2D eigenvalue weighted by molar-refractivity contribution is 6.04. The highest BCUT2D eigenvalue weighted by Gasteiger charge is 2.19. The van der Waals surface area contributed by atoms with E-state index in [0.717, 1.165) is 10.8 Å². The molecule has 0 amide bonds. The molecule has 0 aliphatic rings. The minimum atomic E-state index is -0.690. The first-order valence-corrected chi connectivity index (χ1v) is 4.61. The van der Waals surface area contributed by atoms with E-state index in [4.69, 9.17) is 0 Å². The van der Waals surface area contributed by atoms with Crippen molar-refractivity contribution in [1.29, 1.82) is 0 Å². The number of non-ortho nitro benzene ring substituents is 1. The standard InChI is InChI=1S/C10H8N2O5/c1-17-10(13)8-4-6(12(15)16)5-9-7(8)2-3-11(9)14/h2-5,14H,1H3. The zero-order valence-corrected chi connectivity index (χ0v) is 8.78. The van der Waals surface area contributed by atoms with E-state index in [1.54, 1.807) is 0 Å². The Balaban J connectivity index is 2.79. The van der Waals surface area contributed by atoms with E-state index in [1.807, 2.05) is 0 Å². The molecule has 1 aromatic carbocycles. The van der Waals surface area contributed by atoms with Crippen molar-refractivity contribution in [1.82, 2.24) is 4.73 Å². The van der Waals surface area contributed by atoms with Crippen molar-refractivity contribution in [2.24, 2.45) is 0 Å². The summed E-state index contributed by atoms with van der Waals surface area (Å²) in [6.45, 7) is 0. The van der Waals surface area contributed by atoms with E-state index < -0.39 is 10.9 Å². The van der Waals surface area contributed by atoms with Gasteiger partial charge in [0.05, 0.1) is 23.1 Å². The average molecular weight is 236 g/mol. The molecule has 1 heterocycles. The summed E-state index contributed by atoms with van der Waals surface area (Å²) in [7, 11) is 1.18. The van der Waals surface area contributed by atoms with Crippen LogP contribution in [0.3, 0.4) is 0 Å². The van der Waals surface area contributed by atoms with Crippen LogP contribution in [-0.4, -0.2) is 27.9 Å². The Hall–Kier alpha value is -2.57. The Kier molecular flexibility index (Phi) is 2.43. The van der Waals surface area contributed by atoms with Crippen molar-refractivity contribution in [3.8, 4) is 0 Å². The van der Waals surface area contributed by atoms with Gasteiger partial charge in [0.25, 0.3) is 5.69 Å². The monoisotopic (exact) mass is 236 g/mol. The summed E-state index contributed by atoms with van der Waals surface area (Å²) < 4.78 is 5.25. The quantitative estimate of drug-likeness (QED) is 0.369. The minimum absolute atomic E-state index is 0.0458. The van der Waals surface area contributed by atoms with E-state index in [-0.39, 0.29) is 16.8 Å². The predicted octanol–water partition coefficient (Wildman–Crippen LogP) is 1.57.